The minimum Gasteiger partial charge on any atom is -0.494 e. The minimum absolute atomic E-state index is 0.272. The number of benzene rings is 2. The Morgan fingerprint density at radius 2 is 1.83 bits per heavy atom. The van der Waals surface area contributed by atoms with Crippen LogP contribution in [0.2, 0.25) is 0 Å². The smallest absolute Gasteiger partial charge is 0.319 e. The fraction of sp³-hybridized carbons (Fsp3) is 0.267. The number of aromatic nitrogens is 3. The van der Waals surface area contributed by atoms with Crippen molar-refractivity contribution in [1.29, 1.82) is 0 Å². The normalized spacial score (nSPS) is 10.8. The number of para-hydroxylation sites is 1. The molecular weight excluding hydrogens is 534 g/mol. The van der Waals surface area contributed by atoms with Crippen molar-refractivity contribution in [1.82, 2.24) is 24.8 Å². The molecule has 2 aromatic heterocycles. The summed E-state index contributed by atoms with van der Waals surface area (Å²) < 4.78 is 7.74. The number of nitrogens with one attached hydrogen (secondary N) is 4. The number of carbonyl (C=O) groups excluding carboxylic acids is 2. The SMILES string of the molecule is C=CC(=O)Nc1cc(Nc2ncc(NC(=O)NC)c(-c3cn(C)c4ccccc34)n2)c(OC)cc1N(C)CCN(C)C. The molecule has 220 valence electrons. The molecule has 4 N–H and O–H groups in total. The van der Waals surface area contributed by atoms with Crippen LogP contribution in [-0.2, 0) is 11.8 Å². The Kier molecular flexibility index (Phi) is 9.28. The Balaban J connectivity index is 1.80. The van der Waals surface area contributed by atoms with E-state index in [1.54, 1.807) is 26.4 Å². The first-order chi connectivity index (χ1) is 20.1. The van der Waals surface area contributed by atoms with Gasteiger partial charge in [-0.05, 0) is 32.3 Å². The molecule has 0 spiro atoms. The van der Waals surface area contributed by atoms with E-state index in [-0.39, 0.29) is 17.9 Å². The molecule has 0 saturated heterocycles. The molecule has 42 heavy (non-hydrogen) atoms. The quantitative estimate of drug-likeness (QED) is 0.197. The van der Waals surface area contributed by atoms with Crippen molar-refractivity contribution < 1.29 is 14.3 Å². The number of aryl methyl sites for hydroxylation is 1. The molecule has 0 aliphatic carbocycles. The average molecular weight is 572 g/mol. The summed E-state index contributed by atoms with van der Waals surface area (Å²) in [6.45, 7) is 5.12. The van der Waals surface area contributed by atoms with Crippen molar-refractivity contribution in [3.63, 3.8) is 0 Å². The van der Waals surface area contributed by atoms with Crippen LogP contribution in [0.4, 0.5) is 33.5 Å². The number of anilines is 5. The predicted molar refractivity (Wildman–Crippen MR) is 169 cm³/mol. The van der Waals surface area contributed by atoms with E-state index in [2.05, 4.69) is 37.7 Å². The molecule has 2 aromatic carbocycles. The van der Waals surface area contributed by atoms with Crippen LogP contribution in [0.1, 0.15) is 0 Å². The number of methoxy groups -OCH3 is 1. The molecule has 0 fully saturated rings. The van der Waals surface area contributed by atoms with Crippen molar-refractivity contribution in [3.05, 3.63) is 61.4 Å². The molecule has 0 aliphatic rings. The first kappa shape index (κ1) is 29.9. The second kappa shape index (κ2) is 13.0. The predicted octanol–water partition coefficient (Wildman–Crippen LogP) is 4.26. The van der Waals surface area contributed by atoms with E-state index in [4.69, 9.17) is 9.72 Å². The molecule has 4 aromatic rings. The van der Waals surface area contributed by atoms with Crippen molar-refractivity contribution in [3.8, 4) is 17.0 Å². The van der Waals surface area contributed by atoms with Crippen LogP contribution in [0.15, 0.2) is 61.4 Å². The highest BCUT2D eigenvalue weighted by atomic mass is 16.5. The zero-order chi connectivity index (χ0) is 30.4. The maximum absolute atomic E-state index is 12.3. The van der Waals surface area contributed by atoms with Crippen LogP contribution in [0.25, 0.3) is 22.2 Å². The molecule has 4 rings (SSSR count). The number of amides is 3. The molecule has 0 aliphatic heterocycles. The minimum atomic E-state index is -0.390. The van der Waals surface area contributed by atoms with Gasteiger partial charge in [-0.3, -0.25) is 4.79 Å². The fourth-order valence-corrected chi connectivity index (χ4v) is 4.48. The van der Waals surface area contributed by atoms with Crippen LogP contribution >= 0.6 is 0 Å². The summed E-state index contributed by atoms with van der Waals surface area (Å²) in [4.78, 5) is 38.0. The molecule has 0 saturated carbocycles. The van der Waals surface area contributed by atoms with Crippen molar-refractivity contribution in [2.24, 2.45) is 7.05 Å². The summed E-state index contributed by atoms with van der Waals surface area (Å²) in [7, 11) is 11.0. The highest BCUT2D eigenvalue weighted by Gasteiger charge is 2.19. The summed E-state index contributed by atoms with van der Waals surface area (Å²) in [5.41, 5.74) is 4.71. The van der Waals surface area contributed by atoms with Crippen molar-refractivity contribution >= 4 is 51.5 Å². The largest absolute Gasteiger partial charge is 0.494 e. The fourth-order valence-electron chi connectivity index (χ4n) is 4.48. The van der Waals surface area contributed by atoms with Gasteiger partial charge in [0.2, 0.25) is 11.9 Å². The maximum atomic E-state index is 12.3. The van der Waals surface area contributed by atoms with E-state index in [9.17, 15) is 9.59 Å². The van der Waals surface area contributed by atoms with Crippen LogP contribution in [0.5, 0.6) is 5.75 Å². The van der Waals surface area contributed by atoms with Crippen LogP contribution in [-0.4, -0.2) is 79.8 Å². The molecular formula is C30H37N9O3. The van der Waals surface area contributed by atoms with Gasteiger partial charge in [0, 0.05) is 63.0 Å². The number of urea groups is 1. The van der Waals surface area contributed by atoms with Gasteiger partial charge in [-0.15, -0.1) is 0 Å². The monoisotopic (exact) mass is 571 g/mol. The standard InChI is InChI=1S/C30H37N9O3/c1-8-27(40)33-21-15-22(26(42-7)16-25(21)38(5)14-13-37(3)4)34-29-32-17-23(35-30(41)31-2)28(36-29)20-18-39(6)24-12-10-9-11-19(20)24/h8-12,15-18H,1,13-14H2,2-7H3,(H,33,40)(H2,31,35,41)(H,32,34,36). The molecule has 12 nitrogen and oxygen atoms in total. The number of rotatable bonds is 11. The van der Waals surface area contributed by atoms with Crippen LogP contribution in [0.3, 0.4) is 0 Å². The van der Waals surface area contributed by atoms with Gasteiger partial charge in [-0.25, -0.2) is 14.8 Å². The topological polar surface area (TPSA) is 129 Å². The van der Waals surface area contributed by atoms with Gasteiger partial charge >= 0.3 is 6.03 Å². The summed E-state index contributed by atoms with van der Waals surface area (Å²) >= 11 is 0. The first-order valence-electron chi connectivity index (χ1n) is 13.3. The lowest BCUT2D eigenvalue weighted by Gasteiger charge is -2.26. The molecule has 0 radical (unpaired) electrons. The van der Waals surface area contributed by atoms with E-state index >= 15 is 0 Å². The third kappa shape index (κ3) is 6.61. The second-order valence-electron chi connectivity index (χ2n) is 9.94. The van der Waals surface area contributed by atoms with E-state index in [1.807, 2.05) is 74.2 Å². The van der Waals surface area contributed by atoms with E-state index < -0.39 is 0 Å². The summed E-state index contributed by atoms with van der Waals surface area (Å²) in [6.07, 6.45) is 4.74. The highest BCUT2D eigenvalue weighted by Crippen LogP contribution is 2.39. The zero-order valence-electron chi connectivity index (χ0n) is 24.8. The third-order valence-corrected chi connectivity index (χ3v) is 6.72. The van der Waals surface area contributed by atoms with Gasteiger partial charge in [0.1, 0.15) is 11.4 Å². The lowest BCUT2D eigenvalue weighted by atomic mass is 10.1. The Hall–Kier alpha value is -5.10. The summed E-state index contributed by atoms with van der Waals surface area (Å²) in [5.74, 6) is 0.460. The summed E-state index contributed by atoms with van der Waals surface area (Å²) in [5, 5.41) is 12.5. The van der Waals surface area contributed by atoms with E-state index in [0.29, 0.717) is 28.5 Å². The number of fused-ring (bicyclic) bond motifs is 1. The number of nitrogens with zero attached hydrogens (tertiary/aromatic N) is 5. The number of carbonyl (C=O) groups is 2. The van der Waals surface area contributed by atoms with Gasteiger partial charge in [0.05, 0.1) is 36.1 Å². The summed E-state index contributed by atoms with van der Waals surface area (Å²) in [6, 6.07) is 11.2. The number of hydrogen-bond donors (Lipinski definition) is 4. The van der Waals surface area contributed by atoms with E-state index in [1.165, 1.54) is 6.08 Å². The Bertz CT molecular complexity index is 1610. The maximum Gasteiger partial charge on any atom is 0.319 e. The molecule has 0 unspecified atom stereocenters. The van der Waals surface area contributed by atoms with E-state index in [0.717, 1.165) is 35.2 Å². The van der Waals surface area contributed by atoms with Gasteiger partial charge < -0.3 is 40.4 Å². The van der Waals surface area contributed by atoms with Crippen molar-refractivity contribution in [2.45, 2.75) is 0 Å². The Morgan fingerprint density at radius 1 is 1.07 bits per heavy atom. The lowest BCUT2D eigenvalue weighted by Crippen LogP contribution is -2.29. The van der Waals surface area contributed by atoms with Gasteiger partial charge in [-0.2, -0.15) is 0 Å². The Morgan fingerprint density at radius 3 is 2.52 bits per heavy atom. The first-order valence-corrected chi connectivity index (χ1v) is 13.3. The number of hydrogen-bond acceptors (Lipinski definition) is 8. The zero-order valence-corrected chi connectivity index (χ0v) is 24.8. The van der Waals surface area contributed by atoms with Crippen LogP contribution < -0.4 is 30.9 Å². The molecule has 2 heterocycles. The molecule has 12 heteroatoms. The average Bonchev–Trinajstić information content (AvgIpc) is 3.32. The number of likely N-dealkylation sites (N-methyl/N-ethyl adjacent to an activating group) is 2. The van der Waals surface area contributed by atoms with Crippen molar-refractivity contribution in [2.75, 3.05) is 69.2 Å². The van der Waals surface area contributed by atoms with Crippen LogP contribution in [0, 0.1) is 0 Å². The third-order valence-electron chi connectivity index (χ3n) is 6.72. The molecule has 0 atom stereocenters. The van der Waals surface area contributed by atoms with Gasteiger partial charge in [0.15, 0.2) is 0 Å². The van der Waals surface area contributed by atoms with Gasteiger partial charge in [0.25, 0.3) is 0 Å². The van der Waals surface area contributed by atoms with Gasteiger partial charge in [-0.1, -0.05) is 24.8 Å². The number of ether oxygens (including phenoxy) is 1. The molecule has 3 amide bonds. The second-order valence-corrected chi connectivity index (χ2v) is 9.94. The lowest BCUT2D eigenvalue weighted by molar-refractivity contribution is -0.111. The Labute approximate surface area is 245 Å². The molecule has 0 bridgehead atoms. The highest BCUT2D eigenvalue weighted by molar-refractivity contribution is 6.03.